The van der Waals surface area contributed by atoms with Gasteiger partial charge in [0, 0.05) is 16.1 Å². The molecule has 0 amide bonds. The fourth-order valence-electron chi connectivity index (χ4n) is 2.37. The number of halogens is 3. The van der Waals surface area contributed by atoms with E-state index in [9.17, 15) is 12.8 Å². The van der Waals surface area contributed by atoms with Crippen molar-refractivity contribution in [2.45, 2.75) is 18.9 Å². The molecule has 1 aliphatic heterocycles. The average Bonchev–Trinajstić information content (AvgIpc) is 2.65. The van der Waals surface area contributed by atoms with Crippen molar-refractivity contribution >= 4 is 37.4 Å². The van der Waals surface area contributed by atoms with Crippen LogP contribution in [-0.2, 0) is 9.84 Å². The summed E-state index contributed by atoms with van der Waals surface area (Å²) in [6.45, 7) is 0. The molecule has 1 heterocycles. The van der Waals surface area contributed by atoms with E-state index in [0.717, 1.165) is 0 Å². The van der Waals surface area contributed by atoms with Gasteiger partial charge in [-0.1, -0.05) is 17.7 Å². The molecule has 3 nitrogen and oxygen atoms in total. The number of nitrogens with two attached hydrogens (primary N) is 1. The molecule has 0 saturated carbocycles. The van der Waals surface area contributed by atoms with Gasteiger partial charge in [0.25, 0.3) is 0 Å². The van der Waals surface area contributed by atoms with Gasteiger partial charge in [-0.05, 0) is 40.8 Å². The Kier molecular flexibility index (Phi) is 4.55. The van der Waals surface area contributed by atoms with E-state index in [1.165, 1.54) is 0 Å². The highest BCUT2D eigenvalue weighted by Crippen LogP contribution is 2.33. The molecule has 0 radical (unpaired) electrons. The van der Waals surface area contributed by atoms with Crippen molar-refractivity contribution in [1.29, 1.82) is 0 Å². The second-order valence-corrected chi connectivity index (χ2v) is 8.34. The molecule has 0 aromatic heterocycles. The lowest BCUT2D eigenvalue weighted by atomic mass is 9.95. The van der Waals surface area contributed by atoms with Gasteiger partial charge < -0.3 is 5.73 Å². The van der Waals surface area contributed by atoms with Crippen molar-refractivity contribution in [2.24, 2.45) is 11.7 Å². The molecule has 19 heavy (non-hydrogen) atoms. The van der Waals surface area contributed by atoms with Crippen LogP contribution in [0, 0.1) is 11.7 Å². The minimum atomic E-state index is -2.93. The van der Waals surface area contributed by atoms with Gasteiger partial charge in [0.15, 0.2) is 9.84 Å². The molecular weight excluding hydrogens is 357 g/mol. The molecule has 2 rings (SSSR count). The van der Waals surface area contributed by atoms with Crippen molar-refractivity contribution in [3.8, 4) is 0 Å². The summed E-state index contributed by atoms with van der Waals surface area (Å²) in [4.78, 5) is 0. The van der Waals surface area contributed by atoms with Crippen molar-refractivity contribution in [3.63, 3.8) is 0 Å². The fourth-order valence-corrected chi connectivity index (χ4v) is 4.73. The fraction of sp³-hybridized carbons (Fsp3) is 0.500. The zero-order valence-electron chi connectivity index (χ0n) is 10.1. The minimum absolute atomic E-state index is 0.00169. The summed E-state index contributed by atoms with van der Waals surface area (Å²) in [7, 11) is -2.93. The van der Waals surface area contributed by atoms with Gasteiger partial charge >= 0.3 is 0 Å². The van der Waals surface area contributed by atoms with Gasteiger partial charge in [0.05, 0.1) is 16.5 Å². The largest absolute Gasteiger partial charge is 0.324 e. The summed E-state index contributed by atoms with van der Waals surface area (Å²) < 4.78 is 37.2. The second-order valence-electron chi connectivity index (χ2n) is 4.88. The van der Waals surface area contributed by atoms with E-state index in [-0.39, 0.29) is 22.4 Å². The molecule has 1 aromatic rings. The standard InChI is InChI=1S/C12H14BrClFNO2S/c13-9-2-1-8(12(15)11(9)14)10(16)5-7-3-4-19(17,18)6-7/h1-2,7,10H,3-6,16H2. The second kappa shape index (κ2) is 5.68. The summed E-state index contributed by atoms with van der Waals surface area (Å²) >= 11 is 8.96. The van der Waals surface area contributed by atoms with Crippen molar-refractivity contribution in [2.75, 3.05) is 11.5 Å². The van der Waals surface area contributed by atoms with Crippen LogP contribution in [-0.4, -0.2) is 19.9 Å². The van der Waals surface area contributed by atoms with Crippen molar-refractivity contribution < 1.29 is 12.8 Å². The monoisotopic (exact) mass is 369 g/mol. The van der Waals surface area contributed by atoms with Gasteiger partial charge in [-0.15, -0.1) is 0 Å². The van der Waals surface area contributed by atoms with Crippen LogP contribution in [0.1, 0.15) is 24.4 Å². The molecule has 1 saturated heterocycles. The molecule has 106 valence electrons. The third-order valence-electron chi connectivity index (χ3n) is 3.38. The highest BCUT2D eigenvalue weighted by atomic mass is 79.9. The Morgan fingerprint density at radius 2 is 2.21 bits per heavy atom. The molecular formula is C12H14BrClFNO2S. The number of benzene rings is 1. The van der Waals surface area contributed by atoms with E-state index >= 15 is 0 Å². The normalized spacial score (nSPS) is 23.5. The molecule has 1 aliphatic rings. The molecule has 0 bridgehead atoms. The maximum absolute atomic E-state index is 14.0. The predicted octanol–water partition coefficient (Wildman–Crippen LogP) is 3.07. The third-order valence-corrected chi connectivity index (χ3v) is 6.47. The zero-order chi connectivity index (χ0) is 14.2. The van der Waals surface area contributed by atoms with Gasteiger partial charge in [0.1, 0.15) is 5.82 Å². The Bertz CT molecular complexity index is 594. The summed E-state index contributed by atoms with van der Waals surface area (Å²) in [5.41, 5.74) is 6.31. The van der Waals surface area contributed by atoms with E-state index in [1.54, 1.807) is 12.1 Å². The first-order chi connectivity index (χ1) is 8.80. The Hall–Kier alpha value is -0.170. The lowest BCUT2D eigenvalue weighted by Gasteiger charge is -2.17. The lowest BCUT2D eigenvalue weighted by Crippen LogP contribution is -2.18. The highest BCUT2D eigenvalue weighted by Gasteiger charge is 2.30. The number of sulfone groups is 1. The molecule has 2 N–H and O–H groups in total. The van der Waals surface area contributed by atoms with E-state index in [0.29, 0.717) is 22.9 Å². The summed E-state index contributed by atoms with van der Waals surface area (Å²) in [6, 6.07) is 2.69. The van der Waals surface area contributed by atoms with Gasteiger partial charge in [-0.2, -0.15) is 0 Å². The van der Waals surface area contributed by atoms with Crippen molar-refractivity contribution in [3.05, 3.63) is 33.0 Å². The number of hydrogen-bond donors (Lipinski definition) is 1. The number of hydrogen-bond acceptors (Lipinski definition) is 3. The van der Waals surface area contributed by atoms with Gasteiger partial charge in [-0.3, -0.25) is 0 Å². The van der Waals surface area contributed by atoms with Crippen LogP contribution in [0.5, 0.6) is 0 Å². The molecule has 0 spiro atoms. The van der Waals surface area contributed by atoms with Crippen LogP contribution in [0.25, 0.3) is 0 Å². The maximum Gasteiger partial charge on any atom is 0.150 e. The Balaban J connectivity index is 2.13. The predicted molar refractivity (Wildman–Crippen MR) is 77.4 cm³/mol. The van der Waals surface area contributed by atoms with Crippen LogP contribution < -0.4 is 5.73 Å². The van der Waals surface area contributed by atoms with Gasteiger partial charge in [0.2, 0.25) is 0 Å². The van der Waals surface area contributed by atoms with E-state index in [1.807, 2.05) is 0 Å². The van der Waals surface area contributed by atoms with Crippen LogP contribution >= 0.6 is 27.5 Å². The smallest absolute Gasteiger partial charge is 0.150 e. The molecule has 7 heteroatoms. The summed E-state index contributed by atoms with van der Waals surface area (Å²) in [6.07, 6.45) is 1.05. The van der Waals surface area contributed by atoms with Crippen LogP contribution in [0.2, 0.25) is 5.02 Å². The van der Waals surface area contributed by atoms with E-state index in [4.69, 9.17) is 17.3 Å². The first kappa shape index (κ1) is 15.2. The molecule has 1 fully saturated rings. The topological polar surface area (TPSA) is 60.2 Å². The summed E-state index contributed by atoms with van der Waals surface area (Å²) in [5, 5.41) is 0.00648. The molecule has 1 aromatic carbocycles. The van der Waals surface area contributed by atoms with Crippen LogP contribution in [0.3, 0.4) is 0 Å². The number of rotatable bonds is 3. The van der Waals surface area contributed by atoms with Crippen LogP contribution in [0.15, 0.2) is 16.6 Å². The molecule has 2 unspecified atom stereocenters. The Labute approximate surface area is 125 Å². The van der Waals surface area contributed by atoms with E-state index < -0.39 is 21.7 Å². The molecule has 0 aliphatic carbocycles. The average molecular weight is 371 g/mol. The Morgan fingerprint density at radius 3 is 2.79 bits per heavy atom. The lowest BCUT2D eigenvalue weighted by molar-refractivity contribution is 0.466. The van der Waals surface area contributed by atoms with Crippen molar-refractivity contribution in [1.82, 2.24) is 0 Å². The first-order valence-corrected chi connectivity index (χ1v) is 8.89. The van der Waals surface area contributed by atoms with E-state index in [2.05, 4.69) is 15.9 Å². The highest BCUT2D eigenvalue weighted by molar-refractivity contribution is 9.10. The summed E-state index contributed by atoms with van der Waals surface area (Å²) in [5.74, 6) is -0.188. The van der Waals surface area contributed by atoms with Crippen LogP contribution in [0.4, 0.5) is 4.39 Å². The maximum atomic E-state index is 14.0. The SMILES string of the molecule is NC(CC1CCS(=O)(=O)C1)c1ccc(Br)c(Cl)c1F. The molecule has 2 atom stereocenters. The minimum Gasteiger partial charge on any atom is -0.324 e. The third kappa shape index (κ3) is 3.48. The first-order valence-electron chi connectivity index (χ1n) is 5.89. The Morgan fingerprint density at radius 1 is 1.53 bits per heavy atom. The van der Waals surface area contributed by atoms with Gasteiger partial charge in [-0.25, -0.2) is 12.8 Å². The zero-order valence-corrected chi connectivity index (χ0v) is 13.2. The quantitative estimate of drug-likeness (QED) is 0.832.